The molecule has 1 aromatic carbocycles. The molecule has 0 aliphatic rings. The molecule has 2 heterocycles. The van der Waals surface area contributed by atoms with E-state index in [-0.39, 0.29) is 5.91 Å². The van der Waals surface area contributed by atoms with Crippen molar-refractivity contribution in [1.82, 2.24) is 9.88 Å². The van der Waals surface area contributed by atoms with Crippen LogP contribution in [0.15, 0.2) is 30.3 Å². The van der Waals surface area contributed by atoms with E-state index in [1.165, 1.54) is 16.2 Å². The van der Waals surface area contributed by atoms with Gasteiger partial charge in [-0.15, -0.1) is 11.3 Å². The average molecular weight is 271 g/mol. The molecule has 0 unspecified atom stereocenters. The van der Waals surface area contributed by atoms with Crippen LogP contribution in [0.5, 0.6) is 0 Å². The number of nitrogens with two attached hydrogens (primary N) is 1. The lowest BCUT2D eigenvalue weighted by Gasteiger charge is -2.08. The van der Waals surface area contributed by atoms with Crippen molar-refractivity contribution in [1.29, 1.82) is 0 Å². The lowest BCUT2D eigenvalue weighted by molar-refractivity contribution is 0.0833. The van der Waals surface area contributed by atoms with Crippen molar-refractivity contribution in [2.24, 2.45) is 0 Å². The standard InChI is InChI=1S/C14H13N3OS/c1-17(2)14(18)12-11(15)9-7-8-5-3-4-6-10(8)16-13(9)19-12/h3-7H,15H2,1-2H3. The molecule has 0 aliphatic heterocycles. The molecule has 4 nitrogen and oxygen atoms in total. The zero-order chi connectivity index (χ0) is 13.6. The second kappa shape index (κ2) is 4.20. The summed E-state index contributed by atoms with van der Waals surface area (Å²) in [5, 5.41) is 1.89. The second-order valence-electron chi connectivity index (χ2n) is 4.58. The molecule has 0 atom stereocenters. The third kappa shape index (κ3) is 1.82. The normalized spacial score (nSPS) is 11.1. The van der Waals surface area contributed by atoms with Crippen molar-refractivity contribution in [3.63, 3.8) is 0 Å². The van der Waals surface area contributed by atoms with Gasteiger partial charge in [0.2, 0.25) is 0 Å². The summed E-state index contributed by atoms with van der Waals surface area (Å²) in [6.45, 7) is 0. The molecule has 0 saturated carbocycles. The highest BCUT2D eigenvalue weighted by molar-refractivity contribution is 7.21. The third-order valence-electron chi connectivity index (χ3n) is 3.02. The van der Waals surface area contributed by atoms with E-state index in [1.807, 2.05) is 30.3 Å². The van der Waals surface area contributed by atoms with E-state index in [1.54, 1.807) is 14.1 Å². The number of fused-ring (bicyclic) bond motifs is 2. The number of anilines is 1. The predicted octanol–water partition coefficient (Wildman–Crippen LogP) is 2.73. The van der Waals surface area contributed by atoms with Crippen LogP contribution in [0.2, 0.25) is 0 Å². The molecule has 96 valence electrons. The molecular weight excluding hydrogens is 258 g/mol. The number of nitrogen functional groups attached to an aromatic ring is 1. The summed E-state index contributed by atoms with van der Waals surface area (Å²) in [5.74, 6) is -0.0791. The second-order valence-corrected chi connectivity index (χ2v) is 5.58. The van der Waals surface area contributed by atoms with Gasteiger partial charge in [-0.1, -0.05) is 18.2 Å². The summed E-state index contributed by atoms with van der Waals surface area (Å²) >= 11 is 1.35. The zero-order valence-electron chi connectivity index (χ0n) is 10.7. The molecule has 1 amide bonds. The number of carbonyl (C=O) groups excluding carboxylic acids is 1. The molecule has 2 N–H and O–H groups in total. The molecule has 19 heavy (non-hydrogen) atoms. The number of rotatable bonds is 1. The number of para-hydroxylation sites is 1. The van der Waals surface area contributed by atoms with Crippen LogP contribution in [0.25, 0.3) is 21.1 Å². The molecular formula is C14H13N3OS. The van der Waals surface area contributed by atoms with E-state index in [2.05, 4.69) is 4.98 Å². The monoisotopic (exact) mass is 271 g/mol. The van der Waals surface area contributed by atoms with Gasteiger partial charge in [0.05, 0.1) is 11.2 Å². The molecule has 5 heteroatoms. The van der Waals surface area contributed by atoms with Crippen LogP contribution in [-0.2, 0) is 0 Å². The van der Waals surface area contributed by atoms with Crippen LogP contribution in [0.4, 0.5) is 5.69 Å². The highest BCUT2D eigenvalue weighted by Crippen LogP contribution is 2.34. The first-order valence-electron chi connectivity index (χ1n) is 5.87. The maximum Gasteiger partial charge on any atom is 0.265 e. The maximum atomic E-state index is 12.1. The summed E-state index contributed by atoms with van der Waals surface area (Å²) in [6, 6.07) is 9.86. The number of carbonyl (C=O) groups is 1. The average Bonchev–Trinajstić information content (AvgIpc) is 2.72. The zero-order valence-corrected chi connectivity index (χ0v) is 11.5. The number of benzene rings is 1. The van der Waals surface area contributed by atoms with Crippen molar-refractivity contribution in [3.05, 3.63) is 35.2 Å². The van der Waals surface area contributed by atoms with Crippen molar-refractivity contribution >= 4 is 44.1 Å². The summed E-state index contributed by atoms with van der Waals surface area (Å²) in [4.78, 5) is 19.5. The Labute approximate surface area is 114 Å². The van der Waals surface area contributed by atoms with Gasteiger partial charge in [-0.3, -0.25) is 4.79 Å². The molecule has 0 bridgehead atoms. The Kier molecular flexibility index (Phi) is 2.64. The SMILES string of the molecule is CN(C)C(=O)c1sc2nc3ccccc3cc2c1N. The fourth-order valence-electron chi connectivity index (χ4n) is 2.00. The highest BCUT2D eigenvalue weighted by atomic mass is 32.1. The van der Waals surface area contributed by atoms with Gasteiger partial charge in [-0.2, -0.15) is 0 Å². The fraction of sp³-hybridized carbons (Fsp3) is 0.143. The van der Waals surface area contributed by atoms with E-state index in [4.69, 9.17) is 5.73 Å². The van der Waals surface area contributed by atoms with E-state index in [0.717, 1.165) is 21.1 Å². The first-order chi connectivity index (χ1) is 9.08. The quantitative estimate of drug-likeness (QED) is 0.740. The lowest BCUT2D eigenvalue weighted by Crippen LogP contribution is -2.21. The number of pyridine rings is 1. The molecule has 2 aromatic heterocycles. The summed E-state index contributed by atoms with van der Waals surface area (Å²) < 4.78 is 0. The number of hydrogen-bond donors (Lipinski definition) is 1. The Morgan fingerprint density at radius 3 is 2.79 bits per heavy atom. The molecule has 0 saturated heterocycles. The molecule has 3 aromatic rings. The van der Waals surface area contributed by atoms with Crippen molar-refractivity contribution < 1.29 is 4.79 Å². The number of aromatic nitrogens is 1. The predicted molar refractivity (Wildman–Crippen MR) is 79.6 cm³/mol. The number of nitrogens with zero attached hydrogens (tertiary/aromatic N) is 2. The summed E-state index contributed by atoms with van der Waals surface area (Å²) in [7, 11) is 3.44. The van der Waals surface area contributed by atoms with E-state index < -0.39 is 0 Å². The first kappa shape index (κ1) is 11.9. The summed E-state index contributed by atoms with van der Waals surface area (Å²) in [6.07, 6.45) is 0. The van der Waals surface area contributed by atoms with E-state index in [0.29, 0.717) is 10.6 Å². The Morgan fingerprint density at radius 2 is 2.05 bits per heavy atom. The van der Waals surface area contributed by atoms with Crippen LogP contribution in [0.1, 0.15) is 9.67 Å². The molecule has 0 spiro atoms. The van der Waals surface area contributed by atoms with E-state index >= 15 is 0 Å². The number of amides is 1. The van der Waals surface area contributed by atoms with Crippen LogP contribution >= 0.6 is 11.3 Å². The van der Waals surface area contributed by atoms with Crippen LogP contribution in [0, 0.1) is 0 Å². The number of thiophene rings is 1. The van der Waals surface area contributed by atoms with Crippen LogP contribution in [0.3, 0.4) is 0 Å². The Hall–Kier alpha value is -2.14. The Morgan fingerprint density at radius 1 is 1.32 bits per heavy atom. The fourth-order valence-corrected chi connectivity index (χ4v) is 3.11. The van der Waals surface area contributed by atoms with Crippen molar-refractivity contribution in [3.8, 4) is 0 Å². The minimum atomic E-state index is -0.0791. The van der Waals surface area contributed by atoms with Gasteiger partial charge in [-0.05, 0) is 12.1 Å². The highest BCUT2D eigenvalue weighted by Gasteiger charge is 2.18. The lowest BCUT2D eigenvalue weighted by atomic mass is 10.1. The van der Waals surface area contributed by atoms with Gasteiger partial charge in [0.1, 0.15) is 9.71 Å². The van der Waals surface area contributed by atoms with Crippen molar-refractivity contribution in [2.45, 2.75) is 0 Å². The van der Waals surface area contributed by atoms with Crippen LogP contribution in [-0.4, -0.2) is 29.9 Å². The maximum absolute atomic E-state index is 12.1. The first-order valence-corrected chi connectivity index (χ1v) is 6.69. The van der Waals surface area contributed by atoms with Crippen molar-refractivity contribution in [2.75, 3.05) is 19.8 Å². The topological polar surface area (TPSA) is 59.2 Å². The minimum absolute atomic E-state index is 0.0791. The van der Waals surface area contributed by atoms with Gasteiger partial charge in [0, 0.05) is 24.9 Å². The van der Waals surface area contributed by atoms with Gasteiger partial charge in [0.25, 0.3) is 5.91 Å². The smallest absolute Gasteiger partial charge is 0.265 e. The molecule has 3 rings (SSSR count). The summed E-state index contributed by atoms with van der Waals surface area (Å²) in [5.41, 5.74) is 7.53. The van der Waals surface area contributed by atoms with Gasteiger partial charge < -0.3 is 10.6 Å². The van der Waals surface area contributed by atoms with Gasteiger partial charge >= 0.3 is 0 Å². The van der Waals surface area contributed by atoms with E-state index in [9.17, 15) is 4.79 Å². The number of hydrogen-bond acceptors (Lipinski definition) is 4. The Bertz CT molecular complexity index is 792. The Balaban J connectivity index is 2.31. The minimum Gasteiger partial charge on any atom is -0.397 e. The van der Waals surface area contributed by atoms with Gasteiger partial charge in [0.15, 0.2) is 0 Å². The molecule has 0 aliphatic carbocycles. The third-order valence-corrected chi connectivity index (χ3v) is 4.13. The largest absolute Gasteiger partial charge is 0.397 e. The molecule has 0 radical (unpaired) electrons. The van der Waals surface area contributed by atoms with Crippen LogP contribution < -0.4 is 5.73 Å². The van der Waals surface area contributed by atoms with Gasteiger partial charge in [-0.25, -0.2) is 4.98 Å². The molecule has 0 fully saturated rings.